The smallest absolute Gasteiger partial charge is 0.167 e. The average Bonchev–Trinajstić information content (AvgIpc) is 2.75. The van der Waals surface area contributed by atoms with Gasteiger partial charge in [-0.15, -0.1) is 0 Å². The van der Waals surface area contributed by atoms with Crippen LogP contribution in [0, 0.1) is 11.6 Å². The fourth-order valence-electron chi connectivity index (χ4n) is 3.58. The average molecular weight is 400 g/mol. The third-order valence-electron chi connectivity index (χ3n) is 5.11. The van der Waals surface area contributed by atoms with Crippen molar-refractivity contribution in [1.82, 2.24) is 14.9 Å². The van der Waals surface area contributed by atoms with Gasteiger partial charge in [-0.05, 0) is 23.8 Å². The molecular weight excluding hydrogens is 378 g/mol. The molecular formula is C21H22F2N4O2. The van der Waals surface area contributed by atoms with Gasteiger partial charge in [-0.25, -0.2) is 18.7 Å². The van der Waals surface area contributed by atoms with Crippen LogP contribution < -0.4 is 10.1 Å². The van der Waals surface area contributed by atoms with Gasteiger partial charge in [0.25, 0.3) is 0 Å². The molecule has 0 saturated carbocycles. The van der Waals surface area contributed by atoms with Crippen molar-refractivity contribution in [2.24, 2.45) is 0 Å². The van der Waals surface area contributed by atoms with Gasteiger partial charge in [0, 0.05) is 31.1 Å². The molecule has 0 amide bonds. The topological polar surface area (TPSA) is 59.5 Å². The number of nitrogens with one attached hydrogen (secondary N) is 1. The van der Waals surface area contributed by atoms with Crippen LogP contribution in [0.3, 0.4) is 0 Å². The van der Waals surface area contributed by atoms with Crippen LogP contribution in [0.2, 0.25) is 0 Å². The number of morpholine rings is 1. The van der Waals surface area contributed by atoms with E-state index < -0.39 is 5.82 Å². The molecule has 4 rings (SSSR count). The Hall–Kier alpha value is -2.84. The molecule has 3 aromatic rings. The third-order valence-corrected chi connectivity index (χ3v) is 5.11. The first kappa shape index (κ1) is 19.5. The van der Waals surface area contributed by atoms with Crippen molar-refractivity contribution in [1.29, 1.82) is 0 Å². The number of nitrogens with zero attached hydrogens (tertiary/aromatic N) is 3. The maximum Gasteiger partial charge on any atom is 0.167 e. The molecule has 8 heteroatoms. The van der Waals surface area contributed by atoms with Gasteiger partial charge in [0.05, 0.1) is 31.9 Å². The van der Waals surface area contributed by atoms with E-state index >= 15 is 0 Å². The lowest BCUT2D eigenvalue weighted by Crippen LogP contribution is -2.41. The highest BCUT2D eigenvalue weighted by molar-refractivity contribution is 5.90. The first-order valence-electron chi connectivity index (χ1n) is 9.45. The molecule has 2 aromatic carbocycles. The summed E-state index contributed by atoms with van der Waals surface area (Å²) < 4.78 is 38.0. The Labute approximate surface area is 167 Å². The normalized spacial score (nSPS) is 16.0. The lowest BCUT2D eigenvalue weighted by molar-refractivity contribution is 0.0187. The first-order chi connectivity index (χ1) is 14.2. The molecule has 1 atom stereocenters. The zero-order valence-corrected chi connectivity index (χ0v) is 16.1. The first-order valence-corrected chi connectivity index (χ1v) is 9.45. The lowest BCUT2D eigenvalue weighted by atomic mass is 10.0. The fraction of sp³-hybridized carbons (Fsp3) is 0.333. The summed E-state index contributed by atoms with van der Waals surface area (Å²) >= 11 is 0. The van der Waals surface area contributed by atoms with E-state index in [9.17, 15) is 8.78 Å². The number of benzene rings is 2. The van der Waals surface area contributed by atoms with Gasteiger partial charge in [-0.1, -0.05) is 12.1 Å². The quantitative estimate of drug-likeness (QED) is 0.684. The second-order valence-electron chi connectivity index (χ2n) is 6.82. The summed E-state index contributed by atoms with van der Waals surface area (Å²) in [6.07, 6.45) is 1.40. The lowest BCUT2D eigenvalue weighted by Gasteiger charge is -2.35. The summed E-state index contributed by atoms with van der Waals surface area (Å²) in [5.74, 6) is -0.00667. The Balaban J connectivity index is 1.62. The van der Waals surface area contributed by atoms with E-state index in [0.717, 1.165) is 18.7 Å². The van der Waals surface area contributed by atoms with E-state index in [-0.39, 0.29) is 17.6 Å². The van der Waals surface area contributed by atoms with Crippen LogP contribution in [0.25, 0.3) is 10.9 Å². The minimum Gasteiger partial charge on any atom is -0.494 e. The predicted octanol–water partition coefficient (Wildman–Crippen LogP) is 3.40. The number of fused-ring (bicyclic) bond motifs is 1. The van der Waals surface area contributed by atoms with E-state index in [1.165, 1.54) is 31.6 Å². The predicted molar refractivity (Wildman–Crippen MR) is 106 cm³/mol. The number of anilines is 1. The highest BCUT2D eigenvalue weighted by atomic mass is 19.1. The van der Waals surface area contributed by atoms with Crippen molar-refractivity contribution >= 4 is 16.7 Å². The molecule has 1 fully saturated rings. The molecule has 152 valence electrons. The summed E-state index contributed by atoms with van der Waals surface area (Å²) in [6.45, 7) is 3.42. The Morgan fingerprint density at radius 2 is 1.90 bits per heavy atom. The Kier molecular flexibility index (Phi) is 5.82. The van der Waals surface area contributed by atoms with Crippen molar-refractivity contribution in [2.45, 2.75) is 6.04 Å². The molecule has 0 radical (unpaired) electrons. The molecule has 1 saturated heterocycles. The van der Waals surface area contributed by atoms with Crippen LogP contribution in [-0.2, 0) is 4.74 Å². The molecule has 6 nitrogen and oxygen atoms in total. The highest BCUT2D eigenvalue weighted by Crippen LogP contribution is 2.29. The van der Waals surface area contributed by atoms with Crippen molar-refractivity contribution in [3.05, 3.63) is 59.9 Å². The number of methoxy groups -OCH3 is 1. The Morgan fingerprint density at radius 3 is 2.62 bits per heavy atom. The molecule has 1 unspecified atom stereocenters. The van der Waals surface area contributed by atoms with Gasteiger partial charge in [0.2, 0.25) is 0 Å². The molecule has 1 aliphatic heterocycles. The number of ether oxygens (including phenoxy) is 2. The van der Waals surface area contributed by atoms with E-state index in [1.54, 1.807) is 18.2 Å². The molecule has 29 heavy (non-hydrogen) atoms. The summed E-state index contributed by atoms with van der Waals surface area (Å²) in [6, 6.07) is 9.47. The van der Waals surface area contributed by atoms with Gasteiger partial charge in [0.15, 0.2) is 11.6 Å². The van der Waals surface area contributed by atoms with Crippen LogP contribution in [-0.4, -0.2) is 54.8 Å². The highest BCUT2D eigenvalue weighted by Gasteiger charge is 2.23. The summed E-state index contributed by atoms with van der Waals surface area (Å²) in [4.78, 5) is 10.8. The van der Waals surface area contributed by atoms with E-state index in [4.69, 9.17) is 9.47 Å². The zero-order chi connectivity index (χ0) is 20.2. The maximum absolute atomic E-state index is 14.0. The second-order valence-corrected chi connectivity index (χ2v) is 6.82. The van der Waals surface area contributed by atoms with Crippen LogP contribution >= 0.6 is 0 Å². The number of rotatable bonds is 6. The van der Waals surface area contributed by atoms with Gasteiger partial charge in [-0.3, -0.25) is 4.90 Å². The van der Waals surface area contributed by atoms with Crippen molar-refractivity contribution in [3.63, 3.8) is 0 Å². The fourth-order valence-corrected chi connectivity index (χ4v) is 3.58. The zero-order valence-electron chi connectivity index (χ0n) is 16.1. The molecule has 1 aliphatic rings. The van der Waals surface area contributed by atoms with Crippen molar-refractivity contribution < 1.29 is 18.3 Å². The van der Waals surface area contributed by atoms with Crippen molar-refractivity contribution in [3.8, 4) is 5.75 Å². The van der Waals surface area contributed by atoms with Gasteiger partial charge < -0.3 is 14.8 Å². The van der Waals surface area contributed by atoms with E-state index in [1.807, 2.05) is 0 Å². The largest absolute Gasteiger partial charge is 0.494 e. The van der Waals surface area contributed by atoms with Crippen molar-refractivity contribution in [2.75, 3.05) is 45.3 Å². The van der Waals surface area contributed by atoms with Gasteiger partial charge in [-0.2, -0.15) is 0 Å². The molecule has 0 aliphatic carbocycles. The number of aromatic nitrogens is 2. The molecule has 1 aromatic heterocycles. The minimum absolute atomic E-state index is 0.00635. The van der Waals surface area contributed by atoms with Crippen LogP contribution in [0.15, 0.2) is 42.7 Å². The molecule has 0 spiro atoms. The molecule has 1 N–H and O–H groups in total. The number of hydrogen-bond donors (Lipinski definition) is 1. The standard InChI is InChI=1S/C21H22F2N4O2/c1-28-20-10-16-18(11-17(20)23)25-13-26-21(16)24-12-19(27-6-8-29-9-7-27)14-2-4-15(22)5-3-14/h2-5,10-11,13,19H,6-9,12H2,1H3,(H,24,25,26). The third kappa shape index (κ3) is 4.28. The van der Waals surface area contributed by atoms with Gasteiger partial charge in [0.1, 0.15) is 18.0 Å². The monoisotopic (exact) mass is 400 g/mol. The van der Waals surface area contributed by atoms with Crippen LogP contribution in [0.1, 0.15) is 11.6 Å². The summed E-state index contributed by atoms with van der Waals surface area (Å²) in [5.41, 5.74) is 1.49. The maximum atomic E-state index is 14.0. The molecule has 2 heterocycles. The minimum atomic E-state index is -0.470. The number of halogens is 2. The van der Waals surface area contributed by atoms with E-state index in [0.29, 0.717) is 36.5 Å². The Bertz CT molecular complexity index is 978. The summed E-state index contributed by atoms with van der Waals surface area (Å²) in [5, 5.41) is 4.04. The Morgan fingerprint density at radius 1 is 1.14 bits per heavy atom. The second kappa shape index (κ2) is 8.67. The van der Waals surface area contributed by atoms with Crippen LogP contribution in [0.4, 0.5) is 14.6 Å². The van der Waals surface area contributed by atoms with Gasteiger partial charge >= 0.3 is 0 Å². The van der Waals surface area contributed by atoms with Crippen LogP contribution in [0.5, 0.6) is 5.75 Å². The molecule has 0 bridgehead atoms. The number of hydrogen-bond acceptors (Lipinski definition) is 6. The summed E-state index contributed by atoms with van der Waals surface area (Å²) in [7, 11) is 1.42. The SMILES string of the molecule is COc1cc2c(NCC(c3ccc(F)cc3)N3CCOCC3)ncnc2cc1F. The van der Waals surface area contributed by atoms with E-state index in [2.05, 4.69) is 20.2 Å².